The zero-order valence-corrected chi connectivity index (χ0v) is 21.4. The fourth-order valence-corrected chi connectivity index (χ4v) is 4.77. The fraction of sp³-hybridized carbons (Fsp3) is 0.345. The summed E-state index contributed by atoms with van der Waals surface area (Å²) in [6.45, 7) is 7.93. The zero-order chi connectivity index (χ0) is 25.2. The monoisotopic (exact) mass is 483 g/mol. The van der Waals surface area contributed by atoms with Crippen molar-refractivity contribution in [1.82, 2.24) is 14.6 Å². The summed E-state index contributed by atoms with van der Waals surface area (Å²) in [5, 5.41) is 7.98. The highest BCUT2D eigenvalue weighted by atomic mass is 16.5. The lowest BCUT2D eigenvalue weighted by molar-refractivity contribution is -0.120. The smallest absolute Gasteiger partial charge is 0.227 e. The van der Waals surface area contributed by atoms with Crippen molar-refractivity contribution in [2.45, 2.75) is 39.5 Å². The maximum Gasteiger partial charge on any atom is 0.227 e. The third-order valence-corrected chi connectivity index (χ3v) is 6.96. The van der Waals surface area contributed by atoms with Crippen LogP contribution in [0.2, 0.25) is 0 Å². The number of hydrogen-bond donors (Lipinski definition) is 1. The van der Waals surface area contributed by atoms with E-state index in [0.717, 1.165) is 65.8 Å². The van der Waals surface area contributed by atoms with Gasteiger partial charge in [-0.15, -0.1) is 0 Å². The fourth-order valence-electron chi connectivity index (χ4n) is 4.77. The standard InChI is InChI=1S/C29H33N5O2/c1-19(2)21-5-9-24(10-6-21)31-29(35)23-13-15-33(16-14-23)28-17-20(3)30-27-18-26(32-34(27)28)22-7-11-25(36-4)12-8-22/h5-12,17-19,23H,13-16H2,1-4H3,(H,31,35). The van der Waals surface area contributed by atoms with Gasteiger partial charge in [-0.25, -0.2) is 4.98 Å². The predicted molar refractivity (Wildman–Crippen MR) is 144 cm³/mol. The van der Waals surface area contributed by atoms with Crippen molar-refractivity contribution in [1.29, 1.82) is 0 Å². The molecule has 2 aromatic heterocycles. The van der Waals surface area contributed by atoms with Gasteiger partial charge in [-0.05, 0) is 67.6 Å². The van der Waals surface area contributed by atoms with Crippen molar-refractivity contribution in [3.8, 4) is 17.0 Å². The van der Waals surface area contributed by atoms with Gasteiger partial charge in [0.05, 0.1) is 12.8 Å². The van der Waals surface area contributed by atoms with Crippen LogP contribution in [0, 0.1) is 12.8 Å². The Labute approximate surface area is 212 Å². The van der Waals surface area contributed by atoms with Crippen molar-refractivity contribution in [2.24, 2.45) is 5.92 Å². The molecular weight excluding hydrogens is 450 g/mol. The summed E-state index contributed by atoms with van der Waals surface area (Å²) in [7, 11) is 1.66. The van der Waals surface area contributed by atoms with Gasteiger partial charge in [0.15, 0.2) is 5.65 Å². The highest BCUT2D eigenvalue weighted by molar-refractivity contribution is 5.92. The van der Waals surface area contributed by atoms with E-state index >= 15 is 0 Å². The lowest BCUT2D eigenvalue weighted by atomic mass is 9.95. The molecule has 0 bridgehead atoms. The molecule has 0 aliphatic carbocycles. The number of methoxy groups -OCH3 is 1. The van der Waals surface area contributed by atoms with Gasteiger partial charge >= 0.3 is 0 Å². The number of fused-ring (bicyclic) bond motifs is 1. The minimum atomic E-state index is -0.00284. The number of benzene rings is 2. The third kappa shape index (κ3) is 4.91. The van der Waals surface area contributed by atoms with Gasteiger partial charge in [-0.3, -0.25) is 4.79 Å². The van der Waals surface area contributed by atoms with Gasteiger partial charge in [0.1, 0.15) is 11.6 Å². The Morgan fingerprint density at radius 2 is 1.72 bits per heavy atom. The molecule has 1 fully saturated rings. The minimum Gasteiger partial charge on any atom is -0.497 e. The number of carbonyl (C=O) groups is 1. The number of nitrogens with one attached hydrogen (secondary N) is 1. The van der Waals surface area contributed by atoms with Crippen LogP contribution in [0.3, 0.4) is 0 Å². The molecule has 7 heteroatoms. The SMILES string of the molecule is COc1ccc(-c2cc3nc(C)cc(N4CCC(C(=O)Nc5ccc(C(C)C)cc5)CC4)n3n2)cc1. The van der Waals surface area contributed by atoms with Gasteiger partial charge in [0.25, 0.3) is 0 Å². The van der Waals surface area contributed by atoms with E-state index in [2.05, 4.69) is 42.3 Å². The molecule has 0 unspecified atom stereocenters. The number of piperidine rings is 1. The molecule has 3 heterocycles. The molecule has 0 atom stereocenters. The number of carbonyl (C=O) groups excluding carboxylic acids is 1. The molecule has 1 aliphatic heterocycles. The highest BCUT2D eigenvalue weighted by Gasteiger charge is 2.27. The minimum absolute atomic E-state index is 0.00284. The van der Waals surface area contributed by atoms with Crippen LogP contribution in [0.15, 0.2) is 60.7 Å². The second-order valence-electron chi connectivity index (χ2n) is 9.81. The molecule has 5 rings (SSSR count). The first-order valence-corrected chi connectivity index (χ1v) is 12.6. The Kier molecular flexibility index (Phi) is 6.63. The van der Waals surface area contributed by atoms with E-state index in [1.165, 1.54) is 5.56 Å². The Morgan fingerprint density at radius 1 is 1.03 bits per heavy atom. The van der Waals surface area contributed by atoms with Gasteiger partial charge in [0.2, 0.25) is 5.91 Å². The number of amides is 1. The van der Waals surface area contributed by atoms with Crippen LogP contribution in [0.25, 0.3) is 16.9 Å². The summed E-state index contributed by atoms with van der Waals surface area (Å²) in [5.74, 6) is 2.40. The molecule has 0 saturated carbocycles. The van der Waals surface area contributed by atoms with Crippen LogP contribution in [0.5, 0.6) is 5.75 Å². The van der Waals surface area contributed by atoms with E-state index in [0.29, 0.717) is 5.92 Å². The molecule has 4 aromatic rings. The normalized spacial score (nSPS) is 14.4. The molecule has 1 amide bonds. The lowest BCUT2D eigenvalue weighted by Crippen LogP contribution is -2.39. The summed E-state index contributed by atoms with van der Waals surface area (Å²) in [6.07, 6.45) is 1.59. The highest BCUT2D eigenvalue weighted by Crippen LogP contribution is 2.28. The van der Waals surface area contributed by atoms with Crippen LogP contribution in [0.1, 0.15) is 43.9 Å². The summed E-state index contributed by atoms with van der Waals surface area (Å²) in [6, 6.07) is 20.2. The number of hydrogen-bond acceptors (Lipinski definition) is 5. The summed E-state index contributed by atoms with van der Waals surface area (Å²) in [4.78, 5) is 20.0. The molecule has 1 saturated heterocycles. The van der Waals surface area contributed by atoms with E-state index < -0.39 is 0 Å². The van der Waals surface area contributed by atoms with Gasteiger partial charge in [0, 0.05) is 48.1 Å². The second kappa shape index (κ2) is 10.0. The van der Waals surface area contributed by atoms with Crippen LogP contribution < -0.4 is 15.0 Å². The number of rotatable bonds is 6. The van der Waals surface area contributed by atoms with E-state index in [-0.39, 0.29) is 11.8 Å². The van der Waals surface area contributed by atoms with Crippen LogP contribution in [-0.4, -0.2) is 40.7 Å². The third-order valence-electron chi connectivity index (χ3n) is 6.96. The number of anilines is 2. The molecule has 1 N–H and O–H groups in total. The van der Waals surface area contributed by atoms with Gasteiger partial charge in [-0.1, -0.05) is 26.0 Å². The van der Waals surface area contributed by atoms with E-state index in [1.807, 2.05) is 53.9 Å². The van der Waals surface area contributed by atoms with Crippen LogP contribution in [0.4, 0.5) is 11.5 Å². The van der Waals surface area contributed by atoms with Crippen LogP contribution >= 0.6 is 0 Å². The van der Waals surface area contributed by atoms with E-state index in [9.17, 15) is 4.79 Å². The van der Waals surface area contributed by atoms with Crippen molar-refractivity contribution in [2.75, 3.05) is 30.4 Å². The van der Waals surface area contributed by atoms with Gasteiger partial charge in [-0.2, -0.15) is 9.61 Å². The number of ether oxygens (including phenoxy) is 1. The molecule has 1 aliphatic rings. The summed E-state index contributed by atoms with van der Waals surface area (Å²) in [5.41, 5.74) is 5.79. The maximum absolute atomic E-state index is 12.9. The topological polar surface area (TPSA) is 71.8 Å². The predicted octanol–water partition coefficient (Wildman–Crippen LogP) is 5.69. The van der Waals surface area contributed by atoms with E-state index in [1.54, 1.807) is 7.11 Å². The van der Waals surface area contributed by atoms with E-state index in [4.69, 9.17) is 14.8 Å². The van der Waals surface area contributed by atoms with Crippen molar-refractivity contribution >= 4 is 23.1 Å². The average Bonchev–Trinajstić information content (AvgIpc) is 3.32. The molecule has 7 nitrogen and oxygen atoms in total. The molecule has 36 heavy (non-hydrogen) atoms. The Morgan fingerprint density at radius 3 is 2.36 bits per heavy atom. The Bertz CT molecular complexity index is 1350. The van der Waals surface area contributed by atoms with Gasteiger partial charge < -0.3 is 15.0 Å². The molecular formula is C29H33N5O2. The lowest BCUT2D eigenvalue weighted by Gasteiger charge is -2.33. The van der Waals surface area contributed by atoms with Crippen molar-refractivity contribution in [3.05, 3.63) is 71.9 Å². The summed E-state index contributed by atoms with van der Waals surface area (Å²) < 4.78 is 7.20. The summed E-state index contributed by atoms with van der Waals surface area (Å²) >= 11 is 0. The first-order chi connectivity index (χ1) is 17.4. The maximum atomic E-state index is 12.9. The Hall–Kier alpha value is -3.87. The molecule has 186 valence electrons. The largest absolute Gasteiger partial charge is 0.497 e. The first kappa shape index (κ1) is 23.9. The number of aryl methyl sites for hydroxylation is 1. The molecule has 2 aromatic carbocycles. The molecule has 0 radical (unpaired) electrons. The number of nitrogens with zero attached hydrogens (tertiary/aromatic N) is 4. The van der Waals surface area contributed by atoms with Crippen molar-refractivity contribution < 1.29 is 9.53 Å². The zero-order valence-electron chi connectivity index (χ0n) is 21.4. The van der Waals surface area contributed by atoms with Crippen LogP contribution in [-0.2, 0) is 4.79 Å². The molecule has 0 spiro atoms. The van der Waals surface area contributed by atoms with Crippen molar-refractivity contribution in [3.63, 3.8) is 0 Å². The number of aromatic nitrogens is 3. The average molecular weight is 484 g/mol. The Balaban J connectivity index is 1.29. The second-order valence-corrected chi connectivity index (χ2v) is 9.81. The first-order valence-electron chi connectivity index (χ1n) is 12.6. The quantitative estimate of drug-likeness (QED) is 0.381.